The third kappa shape index (κ3) is 4.81. The highest BCUT2D eigenvalue weighted by Crippen LogP contribution is 2.17. The normalized spacial score (nSPS) is 11.0. The standard InChI is InChI=1S/C17H24N4O2/c1-12(2)19-17(23)11-21-15-8-5-4-7-14(15)20-16(21)9-6-10-18-13(3)22/h4-5,7-8,12H,6,9-11H2,1-3H3,(H,18,22)(H,19,23). The number of hydrogen-bond acceptors (Lipinski definition) is 3. The van der Waals surface area contributed by atoms with E-state index in [-0.39, 0.29) is 24.4 Å². The summed E-state index contributed by atoms with van der Waals surface area (Å²) in [7, 11) is 0. The molecule has 1 heterocycles. The van der Waals surface area contributed by atoms with Crippen LogP contribution in [0.4, 0.5) is 0 Å². The summed E-state index contributed by atoms with van der Waals surface area (Å²) in [4.78, 5) is 27.7. The van der Waals surface area contributed by atoms with E-state index in [1.165, 1.54) is 6.92 Å². The Labute approximate surface area is 136 Å². The van der Waals surface area contributed by atoms with Gasteiger partial charge in [0, 0.05) is 25.9 Å². The fourth-order valence-electron chi connectivity index (χ4n) is 2.51. The molecule has 0 saturated carbocycles. The van der Waals surface area contributed by atoms with Crippen LogP contribution < -0.4 is 10.6 Å². The molecule has 6 nitrogen and oxygen atoms in total. The lowest BCUT2D eigenvalue weighted by Gasteiger charge is -2.12. The fourth-order valence-corrected chi connectivity index (χ4v) is 2.51. The van der Waals surface area contributed by atoms with E-state index >= 15 is 0 Å². The number of imidazole rings is 1. The number of nitrogens with zero attached hydrogens (tertiary/aromatic N) is 2. The van der Waals surface area contributed by atoms with Gasteiger partial charge in [0.25, 0.3) is 0 Å². The molecule has 1 aromatic carbocycles. The van der Waals surface area contributed by atoms with Crippen molar-refractivity contribution in [3.8, 4) is 0 Å². The molecule has 2 amide bonds. The molecule has 6 heteroatoms. The summed E-state index contributed by atoms with van der Waals surface area (Å²) >= 11 is 0. The Morgan fingerprint density at radius 2 is 2.00 bits per heavy atom. The van der Waals surface area contributed by atoms with Gasteiger partial charge in [0.2, 0.25) is 11.8 Å². The number of benzene rings is 1. The van der Waals surface area contributed by atoms with Crippen molar-refractivity contribution in [3.05, 3.63) is 30.1 Å². The number of aryl methyl sites for hydroxylation is 1. The second-order valence-electron chi connectivity index (χ2n) is 5.91. The van der Waals surface area contributed by atoms with Gasteiger partial charge in [-0.25, -0.2) is 4.98 Å². The first-order valence-electron chi connectivity index (χ1n) is 7.95. The van der Waals surface area contributed by atoms with Crippen LogP contribution >= 0.6 is 0 Å². The van der Waals surface area contributed by atoms with Crippen LogP contribution in [0.2, 0.25) is 0 Å². The lowest BCUT2D eigenvalue weighted by molar-refractivity contribution is -0.122. The molecule has 0 aliphatic carbocycles. The topological polar surface area (TPSA) is 76.0 Å². The average molecular weight is 316 g/mol. The summed E-state index contributed by atoms with van der Waals surface area (Å²) in [6.45, 7) is 6.26. The minimum absolute atomic E-state index is 0.0220. The Hall–Kier alpha value is -2.37. The van der Waals surface area contributed by atoms with Crippen LogP contribution in [-0.4, -0.2) is 34.0 Å². The van der Waals surface area contributed by atoms with E-state index in [0.29, 0.717) is 13.0 Å². The SMILES string of the molecule is CC(=O)NCCCc1nc2ccccc2n1CC(=O)NC(C)C. The quantitative estimate of drug-likeness (QED) is 0.762. The Balaban J connectivity index is 2.16. The van der Waals surface area contributed by atoms with E-state index in [2.05, 4.69) is 15.6 Å². The maximum atomic E-state index is 12.1. The number of carbonyl (C=O) groups is 2. The first kappa shape index (κ1) is 17.0. The average Bonchev–Trinajstić information content (AvgIpc) is 2.81. The fraction of sp³-hybridized carbons (Fsp3) is 0.471. The molecule has 0 radical (unpaired) electrons. The molecule has 124 valence electrons. The molecule has 2 rings (SSSR count). The van der Waals surface area contributed by atoms with Crippen molar-refractivity contribution in [2.75, 3.05) is 6.54 Å². The maximum absolute atomic E-state index is 12.1. The predicted octanol–water partition coefficient (Wildman–Crippen LogP) is 1.63. The molecule has 2 N–H and O–H groups in total. The molecule has 23 heavy (non-hydrogen) atoms. The van der Waals surface area contributed by atoms with Crippen molar-refractivity contribution in [3.63, 3.8) is 0 Å². The summed E-state index contributed by atoms with van der Waals surface area (Å²) in [6, 6.07) is 7.92. The molecule has 2 aromatic rings. The summed E-state index contributed by atoms with van der Waals surface area (Å²) in [5, 5.41) is 5.69. The highest BCUT2D eigenvalue weighted by atomic mass is 16.2. The Morgan fingerprint density at radius 1 is 1.26 bits per heavy atom. The van der Waals surface area contributed by atoms with Gasteiger partial charge >= 0.3 is 0 Å². The molecule has 0 aliphatic rings. The lowest BCUT2D eigenvalue weighted by atomic mass is 10.3. The summed E-state index contributed by atoms with van der Waals surface area (Å²) in [5.74, 6) is 0.816. The Bertz CT molecular complexity index is 691. The van der Waals surface area contributed by atoms with Crippen LogP contribution in [0.25, 0.3) is 11.0 Å². The van der Waals surface area contributed by atoms with E-state index in [1.807, 2.05) is 42.7 Å². The van der Waals surface area contributed by atoms with Crippen LogP contribution in [0, 0.1) is 0 Å². The molecule has 1 aromatic heterocycles. The van der Waals surface area contributed by atoms with Gasteiger partial charge in [-0.15, -0.1) is 0 Å². The highest BCUT2D eigenvalue weighted by Gasteiger charge is 2.13. The van der Waals surface area contributed by atoms with Gasteiger partial charge in [-0.2, -0.15) is 0 Å². The summed E-state index contributed by atoms with van der Waals surface area (Å²) < 4.78 is 1.96. The van der Waals surface area contributed by atoms with E-state index < -0.39 is 0 Å². The number of fused-ring (bicyclic) bond motifs is 1. The van der Waals surface area contributed by atoms with Crippen LogP contribution in [0.1, 0.15) is 33.0 Å². The smallest absolute Gasteiger partial charge is 0.240 e. The van der Waals surface area contributed by atoms with Crippen LogP contribution in [-0.2, 0) is 22.6 Å². The number of amides is 2. The molecule has 0 aliphatic heterocycles. The minimum atomic E-state index is -0.0326. The lowest BCUT2D eigenvalue weighted by Crippen LogP contribution is -2.33. The number of nitrogens with one attached hydrogen (secondary N) is 2. The molecular weight excluding hydrogens is 292 g/mol. The molecule has 0 unspecified atom stereocenters. The van der Waals surface area contributed by atoms with Gasteiger partial charge in [0.15, 0.2) is 0 Å². The Kier molecular flexibility index (Phi) is 5.73. The monoisotopic (exact) mass is 316 g/mol. The van der Waals surface area contributed by atoms with Gasteiger partial charge in [0.05, 0.1) is 11.0 Å². The van der Waals surface area contributed by atoms with Gasteiger partial charge in [-0.1, -0.05) is 12.1 Å². The van der Waals surface area contributed by atoms with Crippen LogP contribution in [0.15, 0.2) is 24.3 Å². The third-order valence-corrected chi connectivity index (χ3v) is 3.44. The van der Waals surface area contributed by atoms with E-state index in [0.717, 1.165) is 23.3 Å². The minimum Gasteiger partial charge on any atom is -0.356 e. The van der Waals surface area contributed by atoms with E-state index in [4.69, 9.17) is 0 Å². The first-order chi connectivity index (χ1) is 11.0. The van der Waals surface area contributed by atoms with E-state index in [9.17, 15) is 9.59 Å². The van der Waals surface area contributed by atoms with Crippen molar-refractivity contribution >= 4 is 22.8 Å². The van der Waals surface area contributed by atoms with Crippen molar-refractivity contribution in [1.82, 2.24) is 20.2 Å². The van der Waals surface area contributed by atoms with Crippen molar-refractivity contribution in [2.45, 2.75) is 46.2 Å². The number of para-hydroxylation sites is 2. The molecule has 0 spiro atoms. The number of aromatic nitrogens is 2. The molecule has 0 fully saturated rings. The second kappa shape index (κ2) is 7.76. The van der Waals surface area contributed by atoms with E-state index in [1.54, 1.807) is 0 Å². The van der Waals surface area contributed by atoms with Gasteiger partial charge < -0.3 is 15.2 Å². The highest BCUT2D eigenvalue weighted by molar-refractivity contribution is 5.81. The van der Waals surface area contributed by atoms with Crippen molar-refractivity contribution < 1.29 is 9.59 Å². The van der Waals surface area contributed by atoms with Crippen molar-refractivity contribution in [2.24, 2.45) is 0 Å². The molecular formula is C17H24N4O2. The predicted molar refractivity (Wildman–Crippen MR) is 90.0 cm³/mol. The van der Waals surface area contributed by atoms with Crippen LogP contribution in [0.5, 0.6) is 0 Å². The molecule has 0 bridgehead atoms. The zero-order valence-corrected chi connectivity index (χ0v) is 13.9. The summed E-state index contributed by atoms with van der Waals surface area (Å²) in [5.41, 5.74) is 1.85. The number of hydrogen-bond donors (Lipinski definition) is 2. The number of carbonyl (C=O) groups excluding carboxylic acids is 2. The maximum Gasteiger partial charge on any atom is 0.240 e. The molecule has 0 saturated heterocycles. The third-order valence-electron chi connectivity index (χ3n) is 3.44. The zero-order chi connectivity index (χ0) is 16.8. The zero-order valence-electron chi connectivity index (χ0n) is 13.9. The van der Waals surface area contributed by atoms with Crippen molar-refractivity contribution in [1.29, 1.82) is 0 Å². The first-order valence-corrected chi connectivity index (χ1v) is 7.95. The molecule has 0 atom stereocenters. The Morgan fingerprint density at radius 3 is 2.70 bits per heavy atom. The van der Waals surface area contributed by atoms with Gasteiger partial charge in [0.1, 0.15) is 12.4 Å². The van der Waals surface area contributed by atoms with Crippen LogP contribution in [0.3, 0.4) is 0 Å². The van der Waals surface area contributed by atoms with Gasteiger partial charge in [-0.05, 0) is 32.4 Å². The largest absolute Gasteiger partial charge is 0.356 e. The second-order valence-corrected chi connectivity index (χ2v) is 5.91. The van der Waals surface area contributed by atoms with Gasteiger partial charge in [-0.3, -0.25) is 9.59 Å². The number of rotatable bonds is 7. The summed E-state index contributed by atoms with van der Waals surface area (Å²) in [6.07, 6.45) is 1.50.